The van der Waals surface area contributed by atoms with Crippen LogP contribution in [0.25, 0.3) is 0 Å². The van der Waals surface area contributed by atoms with Crippen LogP contribution in [0.2, 0.25) is 0 Å². The van der Waals surface area contributed by atoms with Crippen molar-refractivity contribution in [2.45, 2.75) is 48.1 Å². The molecule has 2 atom stereocenters. The number of sulfone groups is 1. The number of hydrogen-bond donors (Lipinski definition) is 1. The van der Waals surface area contributed by atoms with E-state index in [1.165, 1.54) is 43.5 Å². The summed E-state index contributed by atoms with van der Waals surface area (Å²) in [5.41, 5.74) is 0.519. The zero-order chi connectivity index (χ0) is 26.3. The molecule has 0 spiro atoms. The van der Waals surface area contributed by atoms with Crippen LogP contribution in [0.3, 0.4) is 0 Å². The van der Waals surface area contributed by atoms with Crippen molar-refractivity contribution in [3.63, 3.8) is 0 Å². The summed E-state index contributed by atoms with van der Waals surface area (Å²) in [5, 5.41) is 3.41. The van der Waals surface area contributed by atoms with Gasteiger partial charge in [0, 0.05) is 49.9 Å². The van der Waals surface area contributed by atoms with E-state index in [2.05, 4.69) is 17.1 Å². The van der Waals surface area contributed by atoms with Crippen LogP contribution in [0, 0.1) is 5.82 Å². The number of nitrogens with one attached hydrogen (secondary N) is 1. The fraction of sp³-hybridized carbons (Fsp3) is 0.500. The van der Waals surface area contributed by atoms with Gasteiger partial charge in [0.25, 0.3) is 0 Å². The van der Waals surface area contributed by atoms with Crippen molar-refractivity contribution in [2.24, 2.45) is 0 Å². The lowest BCUT2D eigenvalue weighted by Gasteiger charge is -2.39. The molecule has 1 fully saturated rings. The Hall–Kier alpha value is -2.53. The molecule has 2 aliphatic rings. The molecule has 2 heterocycles. The lowest BCUT2D eigenvalue weighted by molar-refractivity contribution is -0.121. The molecule has 0 radical (unpaired) electrons. The number of fused-ring (bicyclic) bond motifs is 1. The van der Waals surface area contributed by atoms with Gasteiger partial charge in [-0.1, -0.05) is 13.8 Å². The minimum absolute atomic E-state index is 0.0458. The number of rotatable bonds is 7. The van der Waals surface area contributed by atoms with Crippen LogP contribution >= 0.6 is 0 Å². The first-order valence-electron chi connectivity index (χ1n) is 12.0. The summed E-state index contributed by atoms with van der Waals surface area (Å²) in [7, 11) is -1.04. The first kappa shape index (κ1) is 26.5. The SMILES string of the molecule is COC[C@H]1CN[C@H](C)CN1CC(=O)N1CC(C)(C)c2cc(F)c(S(=O)(=O)c3ccc(OC)cc3)cc21. The number of benzene rings is 2. The monoisotopic (exact) mass is 519 g/mol. The van der Waals surface area contributed by atoms with E-state index in [-0.39, 0.29) is 29.4 Å². The van der Waals surface area contributed by atoms with Crippen molar-refractivity contribution in [1.29, 1.82) is 0 Å². The smallest absolute Gasteiger partial charge is 0.241 e. The highest BCUT2D eigenvalue weighted by Gasteiger charge is 2.41. The lowest BCUT2D eigenvalue weighted by atomic mass is 9.87. The normalized spacial score (nSPS) is 21.9. The maximum atomic E-state index is 15.3. The predicted octanol–water partition coefficient (Wildman–Crippen LogP) is 2.60. The van der Waals surface area contributed by atoms with Gasteiger partial charge in [0.1, 0.15) is 16.5 Å². The second kappa shape index (κ2) is 10.1. The average molecular weight is 520 g/mol. The molecule has 0 unspecified atom stereocenters. The third-order valence-electron chi connectivity index (χ3n) is 7.01. The Morgan fingerprint density at radius 2 is 1.89 bits per heavy atom. The van der Waals surface area contributed by atoms with Crippen molar-refractivity contribution >= 4 is 21.4 Å². The number of piperazine rings is 1. The molecule has 2 aliphatic heterocycles. The summed E-state index contributed by atoms with van der Waals surface area (Å²) in [6.07, 6.45) is 0. The number of carbonyl (C=O) groups excluding carboxylic acids is 1. The third kappa shape index (κ3) is 5.00. The second-order valence-corrected chi connectivity index (χ2v) is 12.1. The number of amides is 1. The Morgan fingerprint density at radius 3 is 2.53 bits per heavy atom. The van der Waals surface area contributed by atoms with Crippen LogP contribution in [-0.2, 0) is 24.8 Å². The molecule has 2 aromatic rings. The van der Waals surface area contributed by atoms with Crippen LogP contribution < -0.4 is 15.0 Å². The zero-order valence-corrected chi connectivity index (χ0v) is 22.2. The molecule has 0 saturated carbocycles. The van der Waals surface area contributed by atoms with Gasteiger partial charge in [0.15, 0.2) is 0 Å². The van der Waals surface area contributed by atoms with Crippen molar-refractivity contribution in [3.8, 4) is 5.75 Å². The van der Waals surface area contributed by atoms with E-state index < -0.39 is 26.0 Å². The van der Waals surface area contributed by atoms with E-state index in [0.717, 1.165) is 0 Å². The van der Waals surface area contributed by atoms with Gasteiger partial charge in [-0.25, -0.2) is 12.8 Å². The van der Waals surface area contributed by atoms with Gasteiger partial charge in [-0.3, -0.25) is 9.69 Å². The Kier molecular flexibility index (Phi) is 7.43. The van der Waals surface area contributed by atoms with E-state index >= 15 is 4.39 Å². The topological polar surface area (TPSA) is 88.2 Å². The van der Waals surface area contributed by atoms with Gasteiger partial charge in [-0.05, 0) is 48.9 Å². The summed E-state index contributed by atoms with van der Waals surface area (Å²) < 4.78 is 52.4. The predicted molar refractivity (Wildman–Crippen MR) is 135 cm³/mol. The molecule has 196 valence electrons. The van der Waals surface area contributed by atoms with Gasteiger partial charge >= 0.3 is 0 Å². The maximum Gasteiger partial charge on any atom is 0.241 e. The van der Waals surface area contributed by atoms with Gasteiger partial charge in [-0.2, -0.15) is 0 Å². The molecule has 10 heteroatoms. The Bertz CT molecular complexity index is 1230. The highest BCUT2D eigenvalue weighted by molar-refractivity contribution is 7.91. The van der Waals surface area contributed by atoms with E-state index in [0.29, 0.717) is 43.2 Å². The molecule has 1 saturated heterocycles. The highest BCUT2D eigenvalue weighted by atomic mass is 32.2. The van der Waals surface area contributed by atoms with Crippen LogP contribution in [-0.4, -0.2) is 78.3 Å². The number of halogens is 1. The molecule has 4 rings (SSSR count). The van der Waals surface area contributed by atoms with Crippen LogP contribution in [0.4, 0.5) is 10.1 Å². The van der Waals surface area contributed by atoms with Crippen molar-refractivity contribution < 1.29 is 27.1 Å². The number of methoxy groups -OCH3 is 2. The Balaban J connectivity index is 1.68. The van der Waals surface area contributed by atoms with Gasteiger partial charge in [0.2, 0.25) is 15.7 Å². The Morgan fingerprint density at radius 1 is 1.19 bits per heavy atom. The maximum absolute atomic E-state index is 15.3. The second-order valence-electron chi connectivity index (χ2n) is 10.2. The fourth-order valence-electron chi connectivity index (χ4n) is 5.03. The first-order chi connectivity index (χ1) is 17.0. The van der Waals surface area contributed by atoms with Crippen LogP contribution in [0.5, 0.6) is 5.75 Å². The minimum atomic E-state index is -4.16. The van der Waals surface area contributed by atoms with Crippen molar-refractivity contribution in [2.75, 3.05) is 51.9 Å². The first-order valence-corrected chi connectivity index (χ1v) is 13.5. The standard InChI is InChI=1S/C26H34FN3O5S/c1-17-13-29(18(12-28-17)15-34-4)14-25(31)30-16-26(2,3)21-10-22(27)24(11-23(21)30)36(32,33)20-8-6-19(35-5)7-9-20/h6-11,17-18,28H,12-16H2,1-5H3/t17-,18-/m1/s1. The van der Waals surface area contributed by atoms with Crippen molar-refractivity contribution in [3.05, 3.63) is 47.8 Å². The quantitative estimate of drug-likeness (QED) is 0.602. The molecular weight excluding hydrogens is 485 g/mol. The molecule has 8 nitrogen and oxygen atoms in total. The highest BCUT2D eigenvalue weighted by Crippen LogP contribution is 2.43. The number of nitrogens with zero attached hydrogens (tertiary/aromatic N) is 2. The molecule has 0 aromatic heterocycles. The summed E-state index contributed by atoms with van der Waals surface area (Å²) in [4.78, 5) is 16.8. The number of anilines is 1. The minimum Gasteiger partial charge on any atom is -0.497 e. The fourth-order valence-corrected chi connectivity index (χ4v) is 6.36. The third-order valence-corrected chi connectivity index (χ3v) is 8.79. The van der Waals surface area contributed by atoms with E-state index in [1.54, 1.807) is 12.0 Å². The van der Waals surface area contributed by atoms with Crippen molar-refractivity contribution in [1.82, 2.24) is 10.2 Å². The van der Waals surface area contributed by atoms with Gasteiger partial charge in [0.05, 0.1) is 25.2 Å². The number of carbonyl (C=O) groups is 1. The largest absolute Gasteiger partial charge is 0.497 e. The molecule has 1 amide bonds. The summed E-state index contributed by atoms with van der Waals surface area (Å²) in [6, 6.07) is 8.64. The average Bonchev–Trinajstić information content (AvgIpc) is 3.10. The molecule has 0 bridgehead atoms. The molecular formula is C26H34FN3O5S. The summed E-state index contributed by atoms with van der Waals surface area (Å²) in [5.74, 6) is -0.490. The molecule has 1 N–H and O–H groups in total. The van der Waals surface area contributed by atoms with Gasteiger partial charge < -0.3 is 19.7 Å². The number of hydrogen-bond acceptors (Lipinski definition) is 7. The number of ether oxygens (including phenoxy) is 2. The zero-order valence-electron chi connectivity index (χ0n) is 21.4. The van der Waals surface area contributed by atoms with Gasteiger partial charge in [-0.15, -0.1) is 0 Å². The lowest BCUT2D eigenvalue weighted by Crippen LogP contribution is -2.59. The van der Waals surface area contributed by atoms with E-state index in [9.17, 15) is 13.2 Å². The molecule has 2 aromatic carbocycles. The van der Waals surface area contributed by atoms with E-state index in [1.807, 2.05) is 13.8 Å². The summed E-state index contributed by atoms with van der Waals surface area (Å²) in [6.45, 7) is 8.30. The van der Waals surface area contributed by atoms with Crippen LogP contribution in [0.1, 0.15) is 26.3 Å². The van der Waals surface area contributed by atoms with E-state index in [4.69, 9.17) is 9.47 Å². The summed E-state index contributed by atoms with van der Waals surface area (Å²) >= 11 is 0. The molecule has 36 heavy (non-hydrogen) atoms. The molecule has 0 aliphatic carbocycles. The Labute approximate surface area is 212 Å². The van der Waals surface area contributed by atoms with Crippen LogP contribution in [0.15, 0.2) is 46.2 Å².